The second kappa shape index (κ2) is 3.02. The van der Waals surface area contributed by atoms with Crippen LogP contribution in [0.5, 0.6) is 0 Å². The quantitative estimate of drug-likeness (QED) is 0.655. The summed E-state index contributed by atoms with van der Waals surface area (Å²) in [7, 11) is 0. The van der Waals surface area contributed by atoms with Crippen molar-refractivity contribution in [2.75, 3.05) is 0 Å². The second-order valence-corrected chi connectivity index (χ2v) is 6.86. The van der Waals surface area contributed by atoms with Crippen molar-refractivity contribution >= 4 is 29.6 Å². The maximum atomic E-state index is 9.84. The van der Waals surface area contributed by atoms with Crippen LogP contribution in [-0.2, 0) is 0 Å². The minimum absolute atomic E-state index is 0.868. The zero-order chi connectivity index (χ0) is 9.47. The number of halogens is 1. The van der Waals surface area contributed by atoms with Gasteiger partial charge in [0, 0.05) is 0 Å². The standard InChI is InChI=1S/C10H10ClOP/c1-8-6-9-4-2-3-5-10(9)7-13(8,11)12/h2-7,12H,1H3. The minimum Gasteiger partial charge on any atom is -0.358 e. The highest BCUT2D eigenvalue weighted by atomic mass is 35.7. The monoisotopic (exact) mass is 212 g/mol. The molecule has 1 N–H and O–H groups in total. The van der Waals surface area contributed by atoms with Crippen LogP contribution in [0, 0.1) is 0 Å². The van der Waals surface area contributed by atoms with Gasteiger partial charge in [0.2, 0.25) is 0 Å². The molecule has 0 saturated carbocycles. The molecular weight excluding hydrogens is 203 g/mol. The Kier molecular flexibility index (Phi) is 2.11. The van der Waals surface area contributed by atoms with Crippen LogP contribution < -0.4 is 0 Å². The lowest BCUT2D eigenvalue weighted by Gasteiger charge is -2.18. The van der Waals surface area contributed by atoms with Crippen LogP contribution in [0.4, 0.5) is 0 Å². The third-order valence-electron chi connectivity index (χ3n) is 2.17. The number of hydrogen-bond donors (Lipinski definition) is 1. The van der Waals surface area contributed by atoms with Crippen LogP contribution in [0.25, 0.3) is 6.08 Å². The number of allylic oxidation sites excluding steroid dienone is 1. The normalized spacial score (nSPS) is 25.9. The molecule has 0 fully saturated rings. The molecule has 0 aliphatic carbocycles. The lowest BCUT2D eigenvalue weighted by Crippen LogP contribution is -1.94. The average molecular weight is 213 g/mol. The summed E-state index contributed by atoms with van der Waals surface area (Å²) < 4.78 is 0. The van der Waals surface area contributed by atoms with Gasteiger partial charge < -0.3 is 4.89 Å². The van der Waals surface area contributed by atoms with Crippen LogP contribution >= 0.6 is 17.7 Å². The molecule has 1 heterocycles. The van der Waals surface area contributed by atoms with Gasteiger partial charge in [0.05, 0.1) is 0 Å². The van der Waals surface area contributed by atoms with E-state index >= 15 is 0 Å². The van der Waals surface area contributed by atoms with Crippen molar-refractivity contribution < 1.29 is 4.89 Å². The smallest absolute Gasteiger partial charge is 0.112 e. The molecule has 68 valence electrons. The van der Waals surface area contributed by atoms with Crippen LogP contribution in [-0.4, -0.2) is 10.7 Å². The first-order valence-corrected chi connectivity index (χ1v) is 6.76. The molecule has 1 aliphatic heterocycles. The van der Waals surface area contributed by atoms with Gasteiger partial charge in [0.25, 0.3) is 0 Å². The minimum atomic E-state index is -2.45. The molecular formula is C10H10ClOP. The maximum Gasteiger partial charge on any atom is 0.112 e. The summed E-state index contributed by atoms with van der Waals surface area (Å²) in [6.45, 7) is -0.583. The fourth-order valence-corrected chi connectivity index (χ4v) is 2.95. The lowest BCUT2D eigenvalue weighted by molar-refractivity contribution is 0.642. The van der Waals surface area contributed by atoms with Crippen LogP contribution in [0.1, 0.15) is 18.1 Å². The first kappa shape index (κ1) is 9.08. The summed E-state index contributed by atoms with van der Waals surface area (Å²) >= 11 is 5.99. The lowest BCUT2D eigenvalue weighted by atomic mass is 10.1. The topological polar surface area (TPSA) is 20.2 Å². The van der Waals surface area contributed by atoms with E-state index in [0.29, 0.717) is 0 Å². The summed E-state index contributed by atoms with van der Waals surface area (Å²) in [6, 6.07) is 7.91. The summed E-state index contributed by atoms with van der Waals surface area (Å²) in [5.41, 5.74) is 2.16. The Bertz CT molecular complexity index is 428. The van der Waals surface area contributed by atoms with Gasteiger partial charge in [-0.05, 0) is 35.2 Å². The van der Waals surface area contributed by atoms with E-state index in [4.69, 9.17) is 11.2 Å². The van der Waals surface area contributed by atoms with Crippen LogP contribution in [0.2, 0.25) is 0 Å². The van der Waals surface area contributed by atoms with Crippen molar-refractivity contribution in [1.82, 2.24) is 0 Å². The third-order valence-corrected chi connectivity index (χ3v) is 5.00. The molecule has 3 heteroatoms. The highest BCUT2D eigenvalue weighted by Crippen LogP contribution is 2.58. The molecule has 1 unspecified atom stereocenters. The predicted molar refractivity (Wildman–Crippen MR) is 60.3 cm³/mol. The highest BCUT2D eigenvalue weighted by Gasteiger charge is 2.17. The Labute approximate surface area is 82.5 Å². The molecule has 1 aliphatic rings. The van der Waals surface area contributed by atoms with Gasteiger partial charge in [-0.15, -0.1) is 0 Å². The van der Waals surface area contributed by atoms with Gasteiger partial charge in [-0.25, -0.2) is 0 Å². The Morgan fingerprint density at radius 2 is 1.85 bits per heavy atom. The van der Waals surface area contributed by atoms with Gasteiger partial charge in [-0.3, -0.25) is 0 Å². The molecule has 2 rings (SSSR count). The van der Waals surface area contributed by atoms with Gasteiger partial charge in [-0.2, -0.15) is 0 Å². The van der Waals surface area contributed by atoms with E-state index in [0.717, 1.165) is 16.4 Å². The number of fused-ring (bicyclic) bond motifs is 1. The Morgan fingerprint density at radius 1 is 1.23 bits per heavy atom. The molecule has 0 radical (unpaired) electrons. The molecule has 1 aromatic carbocycles. The summed E-state index contributed by atoms with van der Waals surface area (Å²) in [4.78, 5) is 9.84. The first-order chi connectivity index (χ1) is 6.09. The zero-order valence-electron chi connectivity index (χ0n) is 7.24. The van der Waals surface area contributed by atoms with Gasteiger partial charge in [-0.1, -0.05) is 35.5 Å². The van der Waals surface area contributed by atoms with Gasteiger partial charge in [0.15, 0.2) is 0 Å². The maximum absolute atomic E-state index is 9.84. The summed E-state index contributed by atoms with van der Waals surface area (Å²) in [6.07, 6.45) is 1.95. The zero-order valence-corrected chi connectivity index (χ0v) is 8.89. The van der Waals surface area contributed by atoms with E-state index in [1.54, 1.807) is 5.80 Å². The molecule has 0 saturated heterocycles. The molecule has 0 spiro atoms. The summed E-state index contributed by atoms with van der Waals surface area (Å²) in [5.74, 6) is 1.78. The van der Waals surface area contributed by atoms with Gasteiger partial charge >= 0.3 is 0 Å². The van der Waals surface area contributed by atoms with E-state index in [-0.39, 0.29) is 0 Å². The molecule has 0 bridgehead atoms. The third kappa shape index (κ3) is 1.60. The van der Waals surface area contributed by atoms with Crippen molar-refractivity contribution in [3.8, 4) is 0 Å². The Hall–Kier alpha value is -0.490. The van der Waals surface area contributed by atoms with E-state index in [1.165, 1.54) is 0 Å². The fourth-order valence-electron chi connectivity index (χ4n) is 1.36. The van der Waals surface area contributed by atoms with Crippen LogP contribution in [0.15, 0.2) is 29.6 Å². The molecule has 1 nitrogen and oxygen atoms in total. The molecule has 1 aromatic rings. The average Bonchev–Trinajstić information content (AvgIpc) is 2.06. The Morgan fingerprint density at radius 3 is 2.54 bits per heavy atom. The van der Waals surface area contributed by atoms with Crippen molar-refractivity contribution in [3.05, 3.63) is 40.7 Å². The molecule has 0 amide bonds. The SMILES string of the molecule is CC1=Cc2ccccc2C=P1(O)Cl. The first-order valence-electron chi connectivity index (χ1n) is 4.04. The van der Waals surface area contributed by atoms with Crippen molar-refractivity contribution in [3.63, 3.8) is 0 Å². The van der Waals surface area contributed by atoms with Crippen molar-refractivity contribution in [1.29, 1.82) is 0 Å². The number of rotatable bonds is 0. The number of benzene rings is 1. The van der Waals surface area contributed by atoms with Crippen molar-refractivity contribution in [2.45, 2.75) is 6.92 Å². The Balaban J connectivity index is 2.70. The van der Waals surface area contributed by atoms with E-state index in [2.05, 4.69) is 0 Å². The van der Waals surface area contributed by atoms with Crippen LogP contribution in [0.3, 0.4) is 0 Å². The number of hydrogen-bond acceptors (Lipinski definition) is 1. The van der Waals surface area contributed by atoms with E-state index in [1.807, 2.05) is 37.3 Å². The largest absolute Gasteiger partial charge is 0.358 e. The fraction of sp³-hybridized carbons (Fsp3) is 0.100. The van der Waals surface area contributed by atoms with Crippen molar-refractivity contribution in [2.24, 2.45) is 0 Å². The molecule has 1 atom stereocenters. The van der Waals surface area contributed by atoms with E-state index < -0.39 is 6.47 Å². The van der Waals surface area contributed by atoms with E-state index in [9.17, 15) is 4.89 Å². The van der Waals surface area contributed by atoms with Gasteiger partial charge in [0.1, 0.15) is 6.47 Å². The second-order valence-electron chi connectivity index (χ2n) is 3.15. The summed E-state index contributed by atoms with van der Waals surface area (Å²) in [5, 5.41) is 0.868. The molecule has 0 aromatic heterocycles. The predicted octanol–water partition coefficient (Wildman–Crippen LogP) is 3.29. The highest BCUT2D eigenvalue weighted by molar-refractivity contribution is 7.96. The molecule has 13 heavy (non-hydrogen) atoms.